The Morgan fingerprint density at radius 2 is 2.27 bits per heavy atom. The lowest BCUT2D eigenvalue weighted by Gasteiger charge is -2.10. The van der Waals surface area contributed by atoms with Gasteiger partial charge in [0.1, 0.15) is 0 Å². The molecule has 4 heteroatoms. The van der Waals surface area contributed by atoms with Crippen molar-refractivity contribution >= 4 is 17.5 Å². The monoisotopic (exact) mass is 176 g/mol. The predicted molar refractivity (Wildman–Crippen MR) is 46.5 cm³/mol. The van der Waals surface area contributed by atoms with Gasteiger partial charge in [0.25, 0.3) is 0 Å². The molecule has 1 unspecified atom stereocenters. The Morgan fingerprint density at radius 1 is 1.73 bits per heavy atom. The van der Waals surface area contributed by atoms with E-state index in [1.165, 1.54) is 0 Å². The molecule has 3 nitrogen and oxygen atoms in total. The molecule has 0 aliphatic carbocycles. The Labute approximate surface area is 71.8 Å². The minimum absolute atomic E-state index is 0.0529. The van der Waals surface area contributed by atoms with Crippen LogP contribution in [-0.4, -0.2) is 25.5 Å². The van der Waals surface area contributed by atoms with Crippen LogP contribution in [0.3, 0.4) is 0 Å². The van der Waals surface area contributed by atoms with Crippen molar-refractivity contribution in [2.75, 3.05) is 13.6 Å². The number of halogens is 1. The topological polar surface area (TPSA) is 41.1 Å². The Balaban J connectivity index is 3.60. The van der Waals surface area contributed by atoms with Crippen LogP contribution in [-0.2, 0) is 4.79 Å². The van der Waals surface area contributed by atoms with E-state index in [1.807, 2.05) is 0 Å². The molecular weight excluding hydrogens is 164 g/mol. The van der Waals surface area contributed by atoms with E-state index in [0.29, 0.717) is 11.6 Å². The number of hydrogen-bond acceptors (Lipinski definition) is 2. The molecule has 11 heavy (non-hydrogen) atoms. The summed E-state index contributed by atoms with van der Waals surface area (Å²) >= 11 is 5.48. The van der Waals surface area contributed by atoms with Crippen molar-refractivity contribution in [2.45, 2.75) is 13.0 Å². The van der Waals surface area contributed by atoms with Crippen molar-refractivity contribution in [1.29, 1.82) is 0 Å². The third kappa shape index (κ3) is 4.81. The zero-order chi connectivity index (χ0) is 8.85. The van der Waals surface area contributed by atoms with Crippen LogP contribution in [0.1, 0.15) is 6.92 Å². The number of amides is 1. The lowest BCUT2D eigenvalue weighted by molar-refractivity contribution is -0.122. The van der Waals surface area contributed by atoms with Crippen LogP contribution in [0.5, 0.6) is 0 Å². The maximum atomic E-state index is 10.9. The summed E-state index contributed by atoms with van der Waals surface area (Å²) in [5, 5.41) is 5.90. The van der Waals surface area contributed by atoms with E-state index in [9.17, 15) is 4.79 Å². The van der Waals surface area contributed by atoms with Gasteiger partial charge in [-0.05, 0) is 6.92 Å². The maximum Gasteiger partial charge on any atom is 0.236 e. The first kappa shape index (κ1) is 10.5. The minimum Gasteiger partial charge on any atom is -0.358 e. The van der Waals surface area contributed by atoms with Gasteiger partial charge in [0.15, 0.2) is 0 Å². The molecule has 0 saturated heterocycles. The van der Waals surface area contributed by atoms with E-state index in [-0.39, 0.29) is 11.9 Å². The van der Waals surface area contributed by atoms with Gasteiger partial charge in [-0.15, -0.1) is 0 Å². The van der Waals surface area contributed by atoms with Gasteiger partial charge < -0.3 is 10.6 Å². The number of hydrogen-bond donors (Lipinski definition) is 2. The van der Waals surface area contributed by atoms with Crippen molar-refractivity contribution < 1.29 is 4.79 Å². The molecule has 0 aliphatic heterocycles. The smallest absolute Gasteiger partial charge is 0.236 e. The third-order valence-corrected chi connectivity index (χ3v) is 1.37. The van der Waals surface area contributed by atoms with E-state index in [1.54, 1.807) is 14.0 Å². The summed E-state index contributed by atoms with van der Waals surface area (Å²) in [5.74, 6) is -0.0529. The Morgan fingerprint density at radius 3 is 2.64 bits per heavy atom. The molecule has 0 bridgehead atoms. The van der Waals surface area contributed by atoms with E-state index >= 15 is 0 Å². The van der Waals surface area contributed by atoms with Gasteiger partial charge in [0.05, 0.1) is 6.04 Å². The fourth-order valence-electron chi connectivity index (χ4n) is 0.573. The summed E-state index contributed by atoms with van der Waals surface area (Å²) in [6, 6.07) is -0.226. The molecule has 64 valence electrons. The molecule has 0 aromatic carbocycles. The number of nitrogens with one attached hydrogen (secondary N) is 2. The fraction of sp³-hybridized carbons (Fsp3) is 0.571. The molecule has 0 radical (unpaired) electrons. The Kier molecular flexibility index (Phi) is 4.90. The Bertz CT molecular complexity index is 159. The minimum atomic E-state index is -0.226. The normalized spacial score (nSPS) is 12.3. The zero-order valence-electron chi connectivity index (χ0n) is 6.78. The predicted octanol–water partition coefficient (Wildman–Crippen LogP) is 0.463. The Hall–Kier alpha value is -0.540. The summed E-state index contributed by atoms with van der Waals surface area (Å²) in [7, 11) is 1.59. The van der Waals surface area contributed by atoms with Crippen molar-refractivity contribution in [3.63, 3.8) is 0 Å². The van der Waals surface area contributed by atoms with Gasteiger partial charge in [-0.25, -0.2) is 0 Å². The van der Waals surface area contributed by atoms with Crippen molar-refractivity contribution in [3.05, 3.63) is 11.6 Å². The van der Waals surface area contributed by atoms with Gasteiger partial charge in [-0.3, -0.25) is 4.79 Å². The molecule has 0 aromatic rings. The second-order valence-electron chi connectivity index (χ2n) is 2.23. The van der Waals surface area contributed by atoms with E-state index in [2.05, 4.69) is 17.2 Å². The number of rotatable bonds is 4. The highest BCUT2D eigenvalue weighted by molar-refractivity contribution is 6.29. The SMILES string of the molecule is C=C(Cl)CNC(C)C(=O)NC. The number of carbonyl (C=O) groups is 1. The first-order valence-corrected chi connectivity index (χ1v) is 3.74. The van der Waals surface area contributed by atoms with Gasteiger partial charge in [0.2, 0.25) is 5.91 Å². The molecule has 1 amide bonds. The second kappa shape index (κ2) is 5.16. The molecule has 0 saturated carbocycles. The summed E-state index contributed by atoms with van der Waals surface area (Å²) in [5.41, 5.74) is 0. The number of carbonyl (C=O) groups excluding carboxylic acids is 1. The van der Waals surface area contributed by atoms with E-state index in [0.717, 1.165) is 0 Å². The first-order valence-electron chi connectivity index (χ1n) is 3.36. The average Bonchev–Trinajstić information content (AvgIpc) is 1.98. The van der Waals surface area contributed by atoms with Crippen LogP contribution in [0.2, 0.25) is 0 Å². The molecule has 0 aliphatic rings. The quantitative estimate of drug-likeness (QED) is 0.654. The molecule has 0 heterocycles. The van der Waals surface area contributed by atoms with Gasteiger partial charge in [0, 0.05) is 18.6 Å². The first-order chi connectivity index (χ1) is 5.07. The molecule has 1 atom stereocenters. The maximum absolute atomic E-state index is 10.9. The van der Waals surface area contributed by atoms with Crippen LogP contribution in [0.4, 0.5) is 0 Å². The van der Waals surface area contributed by atoms with Crippen LogP contribution in [0.25, 0.3) is 0 Å². The molecule has 0 fully saturated rings. The average molecular weight is 177 g/mol. The van der Waals surface area contributed by atoms with E-state index < -0.39 is 0 Å². The summed E-state index contributed by atoms with van der Waals surface area (Å²) < 4.78 is 0. The summed E-state index contributed by atoms with van der Waals surface area (Å²) in [6.45, 7) is 5.70. The lowest BCUT2D eigenvalue weighted by Crippen LogP contribution is -2.40. The molecule has 0 rings (SSSR count). The molecular formula is C7H13ClN2O. The molecule has 2 N–H and O–H groups in total. The lowest BCUT2D eigenvalue weighted by atomic mass is 10.3. The highest BCUT2D eigenvalue weighted by Gasteiger charge is 2.08. The van der Waals surface area contributed by atoms with Gasteiger partial charge in [-0.1, -0.05) is 18.2 Å². The number of likely N-dealkylation sites (N-methyl/N-ethyl adjacent to an activating group) is 1. The standard InChI is InChI=1S/C7H13ClN2O/c1-5(8)4-10-6(2)7(11)9-3/h6,10H,1,4H2,2-3H3,(H,9,11). The largest absolute Gasteiger partial charge is 0.358 e. The van der Waals surface area contributed by atoms with Crippen molar-refractivity contribution in [1.82, 2.24) is 10.6 Å². The van der Waals surface area contributed by atoms with Crippen LogP contribution >= 0.6 is 11.6 Å². The summed E-state index contributed by atoms with van der Waals surface area (Å²) in [6.07, 6.45) is 0. The van der Waals surface area contributed by atoms with Crippen molar-refractivity contribution in [3.8, 4) is 0 Å². The van der Waals surface area contributed by atoms with Crippen LogP contribution in [0.15, 0.2) is 11.6 Å². The van der Waals surface area contributed by atoms with Crippen LogP contribution < -0.4 is 10.6 Å². The highest BCUT2D eigenvalue weighted by Crippen LogP contribution is 1.93. The zero-order valence-corrected chi connectivity index (χ0v) is 7.53. The van der Waals surface area contributed by atoms with Gasteiger partial charge >= 0.3 is 0 Å². The van der Waals surface area contributed by atoms with Crippen molar-refractivity contribution in [2.24, 2.45) is 0 Å². The van der Waals surface area contributed by atoms with Crippen LogP contribution in [0, 0.1) is 0 Å². The highest BCUT2D eigenvalue weighted by atomic mass is 35.5. The third-order valence-electron chi connectivity index (χ3n) is 1.24. The van der Waals surface area contributed by atoms with Gasteiger partial charge in [-0.2, -0.15) is 0 Å². The van der Waals surface area contributed by atoms with E-state index in [4.69, 9.17) is 11.6 Å². The second-order valence-corrected chi connectivity index (χ2v) is 2.77. The fourth-order valence-corrected chi connectivity index (χ4v) is 0.650. The summed E-state index contributed by atoms with van der Waals surface area (Å²) in [4.78, 5) is 10.9. The molecule has 0 aromatic heterocycles. The molecule has 0 spiro atoms.